The summed E-state index contributed by atoms with van der Waals surface area (Å²) in [6, 6.07) is 14.6. The van der Waals surface area contributed by atoms with E-state index in [1.807, 2.05) is 37.5 Å². The summed E-state index contributed by atoms with van der Waals surface area (Å²) >= 11 is 5.90. The third-order valence-electron chi connectivity index (χ3n) is 3.28. The Balaban J connectivity index is 1.88. The minimum Gasteiger partial charge on any atom is -0.317 e. The van der Waals surface area contributed by atoms with E-state index in [1.165, 1.54) is 5.56 Å². The SMILES string of the molecule is CNC(CCc1ccccn1)Cc1ccc(Cl)cc1. The van der Waals surface area contributed by atoms with Crippen molar-refractivity contribution in [1.82, 2.24) is 10.3 Å². The van der Waals surface area contributed by atoms with Gasteiger partial charge in [0.05, 0.1) is 0 Å². The summed E-state index contributed by atoms with van der Waals surface area (Å²) in [5, 5.41) is 4.16. The number of pyridine rings is 1. The highest BCUT2D eigenvalue weighted by Crippen LogP contribution is 2.13. The number of nitrogens with one attached hydrogen (secondary N) is 1. The first-order valence-electron chi connectivity index (χ1n) is 6.59. The van der Waals surface area contributed by atoms with E-state index in [-0.39, 0.29) is 0 Å². The van der Waals surface area contributed by atoms with Crippen LogP contribution in [-0.2, 0) is 12.8 Å². The molecule has 3 heteroatoms. The molecule has 1 N–H and O–H groups in total. The second-order valence-electron chi connectivity index (χ2n) is 4.68. The molecule has 0 spiro atoms. The van der Waals surface area contributed by atoms with Crippen LogP contribution in [-0.4, -0.2) is 18.1 Å². The zero-order valence-corrected chi connectivity index (χ0v) is 11.9. The zero-order chi connectivity index (χ0) is 13.5. The summed E-state index contributed by atoms with van der Waals surface area (Å²) in [5.41, 5.74) is 2.46. The molecule has 0 aliphatic rings. The van der Waals surface area contributed by atoms with Gasteiger partial charge >= 0.3 is 0 Å². The highest BCUT2D eigenvalue weighted by Gasteiger charge is 2.08. The summed E-state index contributed by atoms with van der Waals surface area (Å²) in [6.45, 7) is 0. The van der Waals surface area contributed by atoms with Crippen LogP contribution in [0.25, 0.3) is 0 Å². The third-order valence-corrected chi connectivity index (χ3v) is 3.53. The number of likely N-dealkylation sites (N-methyl/N-ethyl adjacent to an activating group) is 1. The van der Waals surface area contributed by atoms with Gasteiger partial charge < -0.3 is 5.32 Å². The summed E-state index contributed by atoms with van der Waals surface area (Å²) in [7, 11) is 2.01. The second-order valence-corrected chi connectivity index (χ2v) is 5.11. The van der Waals surface area contributed by atoms with Gasteiger partial charge in [-0.15, -0.1) is 0 Å². The molecule has 0 amide bonds. The minimum atomic E-state index is 0.461. The number of aromatic nitrogens is 1. The lowest BCUT2D eigenvalue weighted by Crippen LogP contribution is -2.28. The van der Waals surface area contributed by atoms with Crippen LogP contribution in [0.15, 0.2) is 48.7 Å². The summed E-state index contributed by atoms with van der Waals surface area (Å²) in [6.07, 6.45) is 4.94. The average molecular weight is 275 g/mol. The number of benzene rings is 1. The lowest BCUT2D eigenvalue weighted by Gasteiger charge is -2.16. The number of rotatable bonds is 6. The van der Waals surface area contributed by atoms with E-state index in [9.17, 15) is 0 Å². The number of nitrogens with zero attached hydrogens (tertiary/aromatic N) is 1. The van der Waals surface area contributed by atoms with Crippen LogP contribution in [0.2, 0.25) is 5.02 Å². The first-order valence-corrected chi connectivity index (χ1v) is 6.97. The smallest absolute Gasteiger partial charge is 0.0406 e. The molecule has 2 nitrogen and oxygen atoms in total. The maximum absolute atomic E-state index is 5.90. The van der Waals surface area contributed by atoms with Gasteiger partial charge in [0.1, 0.15) is 0 Å². The van der Waals surface area contributed by atoms with Crippen molar-refractivity contribution in [1.29, 1.82) is 0 Å². The highest BCUT2D eigenvalue weighted by atomic mass is 35.5. The normalized spacial score (nSPS) is 12.3. The van der Waals surface area contributed by atoms with E-state index in [4.69, 9.17) is 11.6 Å². The van der Waals surface area contributed by atoms with Crippen LogP contribution in [0.1, 0.15) is 17.7 Å². The molecular formula is C16H19ClN2. The number of hydrogen-bond acceptors (Lipinski definition) is 2. The number of hydrogen-bond donors (Lipinski definition) is 1. The Labute approximate surface area is 119 Å². The summed E-state index contributed by atoms with van der Waals surface area (Å²) < 4.78 is 0. The van der Waals surface area contributed by atoms with Gasteiger partial charge in [-0.05, 0) is 56.1 Å². The lowest BCUT2D eigenvalue weighted by atomic mass is 10.0. The molecule has 2 aromatic rings. The number of halogens is 1. The van der Waals surface area contributed by atoms with Crippen molar-refractivity contribution in [2.24, 2.45) is 0 Å². The van der Waals surface area contributed by atoms with E-state index in [0.29, 0.717) is 6.04 Å². The first kappa shape index (κ1) is 14.0. The molecule has 1 aromatic carbocycles. The summed E-state index contributed by atoms with van der Waals surface area (Å²) in [5.74, 6) is 0. The Bertz CT molecular complexity index is 482. The molecule has 0 aliphatic heterocycles. The fourth-order valence-electron chi connectivity index (χ4n) is 2.12. The molecule has 1 aromatic heterocycles. The molecule has 1 heterocycles. The average Bonchev–Trinajstić information content (AvgIpc) is 2.46. The predicted octanol–water partition coefficient (Wildman–Crippen LogP) is 3.50. The minimum absolute atomic E-state index is 0.461. The molecule has 0 radical (unpaired) electrons. The van der Waals surface area contributed by atoms with Gasteiger partial charge in [0.2, 0.25) is 0 Å². The van der Waals surface area contributed by atoms with Gasteiger partial charge in [0, 0.05) is 23.0 Å². The highest BCUT2D eigenvalue weighted by molar-refractivity contribution is 6.30. The molecule has 0 fully saturated rings. The Morgan fingerprint density at radius 1 is 1.16 bits per heavy atom. The van der Waals surface area contributed by atoms with Crippen molar-refractivity contribution in [3.63, 3.8) is 0 Å². The molecular weight excluding hydrogens is 256 g/mol. The Morgan fingerprint density at radius 2 is 1.95 bits per heavy atom. The van der Waals surface area contributed by atoms with Gasteiger partial charge in [0.15, 0.2) is 0 Å². The van der Waals surface area contributed by atoms with Crippen LogP contribution in [0, 0.1) is 0 Å². The van der Waals surface area contributed by atoms with E-state index in [0.717, 1.165) is 30.0 Å². The largest absolute Gasteiger partial charge is 0.317 e. The fourth-order valence-corrected chi connectivity index (χ4v) is 2.25. The van der Waals surface area contributed by atoms with Crippen molar-refractivity contribution in [2.45, 2.75) is 25.3 Å². The Hall–Kier alpha value is -1.38. The Kier molecular flexibility index (Phi) is 5.37. The molecule has 2 rings (SSSR count). The van der Waals surface area contributed by atoms with Crippen LogP contribution in [0.5, 0.6) is 0 Å². The van der Waals surface area contributed by atoms with Gasteiger partial charge in [-0.3, -0.25) is 4.98 Å². The molecule has 0 saturated heterocycles. The third kappa shape index (κ3) is 4.66. The van der Waals surface area contributed by atoms with Gasteiger partial charge in [-0.25, -0.2) is 0 Å². The molecule has 1 atom stereocenters. The molecule has 0 saturated carbocycles. The van der Waals surface area contributed by atoms with E-state index in [1.54, 1.807) is 0 Å². The lowest BCUT2D eigenvalue weighted by molar-refractivity contribution is 0.517. The van der Waals surface area contributed by atoms with Crippen molar-refractivity contribution in [3.8, 4) is 0 Å². The van der Waals surface area contributed by atoms with Crippen LogP contribution in [0.4, 0.5) is 0 Å². The standard InChI is InChI=1S/C16H19ClN2/c1-18-16(10-9-15-4-2-3-11-19-15)12-13-5-7-14(17)8-6-13/h2-8,11,16,18H,9-10,12H2,1H3. The van der Waals surface area contributed by atoms with E-state index in [2.05, 4.69) is 28.5 Å². The van der Waals surface area contributed by atoms with E-state index >= 15 is 0 Å². The second kappa shape index (κ2) is 7.27. The van der Waals surface area contributed by atoms with Gasteiger partial charge in [0.25, 0.3) is 0 Å². The molecule has 0 bridgehead atoms. The molecule has 1 unspecified atom stereocenters. The quantitative estimate of drug-likeness (QED) is 0.872. The first-order chi connectivity index (χ1) is 9.28. The summed E-state index contributed by atoms with van der Waals surface area (Å²) in [4.78, 5) is 4.36. The van der Waals surface area contributed by atoms with Crippen molar-refractivity contribution >= 4 is 11.6 Å². The fraction of sp³-hybridized carbons (Fsp3) is 0.312. The monoisotopic (exact) mass is 274 g/mol. The van der Waals surface area contributed by atoms with Crippen molar-refractivity contribution in [2.75, 3.05) is 7.05 Å². The maximum atomic E-state index is 5.90. The van der Waals surface area contributed by atoms with Crippen LogP contribution in [0.3, 0.4) is 0 Å². The Morgan fingerprint density at radius 3 is 2.58 bits per heavy atom. The van der Waals surface area contributed by atoms with Crippen LogP contribution >= 0.6 is 11.6 Å². The van der Waals surface area contributed by atoms with Crippen molar-refractivity contribution in [3.05, 3.63) is 64.9 Å². The predicted molar refractivity (Wildman–Crippen MR) is 80.6 cm³/mol. The van der Waals surface area contributed by atoms with Gasteiger partial charge in [-0.2, -0.15) is 0 Å². The number of aryl methyl sites for hydroxylation is 1. The van der Waals surface area contributed by atoms with Crippen LogP contribution < -0.4 is 5.32 Å². The molecule has 100 valence electrons. The maximum Gasteiger partial charge on any atom is 0.0406 e. The van der Waals surface area contributed by atoms with Crippen molar-refractivity contribution < 1.29 is 0 Å². The molecule has 19 heavy (non-hydrogen) atoms. The van der Waals surface area contributed by atoms with E-state index < -0.39 is 0 Å². The topological polar surface area (TPSA) is 24.9 Å². The van der Waals surface area contributed by atoms with Gasteiger partial charge in [-0.1, -0.05) is 29.8 Å². The molecule has 0 aliphatic carbocycles. The zero-order valence-electron chi connectivity index (χ0n) is 11.1.